The Balaban J connectivity index is 2.65. The highest BCUT2D eigenvalue weighted by Crippen LogP contribution is 2.20. The number of thiocarbonyl (C=S) groups is 1. The Labute approximate surface area is 122 Å². The first-order chi connectivity index (χ1) is 9.01. The van der Waals surface area contributed by atoms with Crippen molar-refractivity contribution in [1.82, 2.24) is 10.2 Å². The van der Waals surface area contributed by atoms with Crippen LogP contribution in [0.15, 0.2) is 0 Å². The summed E-state index contributed by atoms with van der Waals surface area (Å²) in [6.07, 6.45) is 5.15. The van der Waals surface area contributed by atoms with Gasteiger partial charge in [0, 0.05) is 6.04 Å². The predicted molar refractivity (Wildman–Crippen MR) is 83.1 cm³/mol. The Hall–Kier alpha value is -0.680. The van der Waals surface area contributed by atoms with E-state index in [2.05, 4.69) is 24.1 Å². The molecule has 0 aliphatic carbocycles. The fraction of sp³-hybridized carbons (Fsp3) is 0.857. The summed E-state index contributed by atoms with van der Waals surface area (Å²) in [4.78, 5) is 15.0. The molecule has 1 aliphatic rings. The van der Waals surface area contributed by atoms with Crippen LogP contribution in [0, 0.1) is 0 Å². The zero-order valence-electron chi connectivity index (χ0n) is 12.3. The quantitative estimate of drug-likeness (QED) is 0.731. The molecule has 0 aromatic heterocycles. The summed E-state index contributed by atoms with van der Waals surface area (Å²) in [6.45, 7) is 7.05. The Morgan fingerprint density at radius 1 is 1.42 bits per heavy atom. The first kappa shape index (κ1) is 16.4. The van der Waals surface area contributed by atoms with E-state index in [0.717, 1.165) is 38.6 Å². The second kappa shape index (κ2) is 7.80. The van der Waals surface area contributed by atoms with E-state index >= 15 is 0 Å². The molecule has 2 atom stereocenters. The van der Waals surface area contributed by atoms with E-state index < -0.39 is 0 Å². The number of nitrogens with one attached hydrogen (secondary N) is 1. The van der Waals surface area contributed by atoms with Crippen molar-refractivity contribution in [3.63, 3.8) is 0 Å². The highest BCUT2D eigenvalue weighted by molar-refractivity contribution is 7.80. The number of nitrogens with zero attached hydrogens (tertiary/aromatic N) is 1. The number of likely N-dealkylation sites (tertiary alicyclic amines) is 1. The van der Waals surface area contributed by atoms with Crippen molar-refractivity contribution in [2.75, 3.05) is 6.54 Å². The van der Waals surface area contributed by atoms with Crippen LogP contribution in [0.2, 0.25) is 0 Å². The zero-order valence-corrected chi connectivity index (χ0v) is 13.1. The van der Waals surface area contributed by atoms with Crippen LogP contribution in [0.1, 0.15) is 52.9 Å². The van der Waals surface area contributed by atoms with Crippen molar-refractivity contribution in [2.45, 2.75) is 71.0 Å². The van der Waals surface area contributed by atoms with Crippen molar-refractivity contribution < 1.29 is 4.79 Å². The van der Waals surface area contributed by atoms with Gasteiger partial charge in [0.1, 0.15) is 0 Å². The van der Waals surface area contributed by atoms with Crippen molar-refractivity contribution in [1.29, 1.82) is 0 Å². The van der Waals surface area contributed by atoms with Crippen molar-refractivity contribution in [3.8, 4) is 0 Å². The number of carbonyl (C=O) groups excluding carboxylic acids is 1. The summed E-state index contributed by atoms with van der Waals surface area (Å²) in [7, 11) is 0. The number of piperidine rings is 1. The molecule has 0 aromatic carbocycles. The molecule has 0 spiro atoms. The fourth-order valence-electron chi connectivity index (χ4n) is 2.69. The smallest absolute Gasteiger partial charge is 0.237 e. The van der Waals surface area contributed by atoms with Gasteiger partial charge in [-0.05, 0) is 39.2 Å². The van der Waals surface area contributed by atoms with Gasteiger partial charge in [0.2, 0.25) is 5.91 Å². The summed E-state index contributed by atoms with van der Waals surface area (Å²) >= 11 is 5.14. The van der Waals surface area contributed by atoms with Crippen molar-refractivity contribution in [2.24, 2.45) is 5.73 Å². The molecule has 4 nitrogen and oxygen atoms in total. The molecule has 3 N–H and O–H groups in total. The van der Waals surface area contributed by atoms with Crippen molar-refractivity contribution in [3.05, 3.63) is 0 Å². The third kappa shape index (κ3) is 4.42. The minimum atomic E-state index is -0.160. The van der Waals surface area contributed by atoms with E-state index in [9.17, 15) is 4.79 Å². The Kier molecular flexibility index (Phi) is 6.72. The molecule has 5 heteroatoms. The highest BCUT2D eigenvalue weighted by atomic mass is 32.1. The maximum Gasteiger partial charge on any atom is 0.237 e. The summed E-state index contributed by atoms with van der Waals surface area (Å²) in [5.41, 5.74) is 5.81. The van der Waals surface area contributed by atoms with Crippen LogP contribution in [0.3, 0.4) is 0 Å². The number of rotatable bonds is 6. The van der Waals surface area contributed by atoms with Gasteiger partial charge in [-0.1, -0.05) is 32.5 Å². The monoisotopic (exact) mass is 285 g/mol. The summed E-state index contributed by atoms with van der Waals surface area (Å²) in [5.74, 6) is 0.0943. The minimum Gasteiger partial charge on any atom is -0.392 e. The Morgan fingerprint density at radius 3 is 2.58 bits per heavy atom. The molecule has 1 rings (SSSR count). The van der Waals surface area contributed by atoms with Gasteiger partial charge in [0.25, 0.3) is 0 Å². The van der Waals surface area contributed by atoms with Crippen LogP contribution >= 0.6 is 12.2 Å². The molecule has 1 amide bonds. The molecule has 1 heterocycles. The molecular weight excluding hydrogens is 258 g/mol. The van der Waals surface area contributed by atoms with Crippen LogP contribution in [-0.2, 0) is 4.79 Å². The average Bonchev–Trinajstić information content (AvgIpc) is 2.43. The normalized spacial score (nSPS) is 22.2. The number of nitrogens with two attached hydrogens (primary N) is 1. The number of carbonyl (C=O) groups is 1. The van der Waals surface area contributed by atoms with E-state index in [1.54, 1.807) is 0 Å². The van der Waals surface area contributed by atoms with E-state index in [-0.39, 0.29) is 24.0 Å². The lowest BCUT2D eigenvalue weighted by atomic mass is 9.99. The van der Waals surface area contributed by atoms with Crippen LogP contribution in [-0.4, -0.2) is 40.5 Å². The van der Waals surface area contributed by atoms with Gasteiger partial charge < -0.3 is 11.1 Å². The molecule has 19 heavy (non-hydrogen) atoms. The maximum atomic E-state index is 12.3. The van der Waals surface area contributed by atoms with Crippen LogP contribution in [0.4, 0.5) is 0 Å². The lowest BCUT2D eigenvalue weighted by Crippen LogP contribution is -2.56. The third-order valence-electron chi connectivity index (χ3n) is 4.08. The van der Waals surface area contributed by atoms with Gasteiger partial charge in [-0.3, -0.25) is 9.69 Å². The fourth-order valence-corrected chi connectivity index (χ4v) is 2.94. The van der Waals surface area contributed by atoms with E-state index in [1.807, 2.05) is 6.92 Å². The molecular formula is C14H27N3OS. The molecule has 0 bridgehead atoms. The molecule has 2 unspecified atom stereocenters. The second-order valence-corrected chi connectivity index (χ2v) is 5.82. The molecule has 0 aromatic rings. The molecule has 1 aliphatic heterocycles. The SMILES string of the molecule is CCC(CC)NC(=O)C(C)N1CCCCC1C(N)=S. The lowest BCUT2D eigenvalue weighted by molar-refractivity contribution is -0.127. The van der Waals surface area contributed by atoms with Gasteiger partial charge in [-0.15, -0.1) is 0 Å². The summed E-state index contributed by atoms with van der Waals surface area (Å²) in [6, 6.07) is 0.182. The van der Waals surface area contributed by atoms with Gasteiger partial charge in [0.05, 0.1) is 17.1 Å². The molecule has 110 valence electrons. The minimum absolute atomic E-state index is 0.0752. The second-order valence-electron chi connectivity index (χ2n) is 5.35. The van der Waals surface area contributed by atoms with E-state index in [0.29, 0.717) is 4.99 Å². The van der Waals surface area contributed by atoms with Crippen LogP contribution in [0.25, 0.3) is 0 Å². The van der Waals surface area contributed by atoms with Gasteiger partial charge in [-0.25, -0.2) is 0 Å². The van der Waals surface area contributed by atoms with Gasteiger partial charge >= 0.3 is 0 Å². The Morgan fingerprint density at radius 2 is 2.05 bits per heavy atom. The van der Waals surface area contributed by atoms with Gasteiger partial charge in [0.15, 0.2) is 0 Å². The van der Waals surface area contributed by atoms with Gasteiger partial charge in [-0.2, -0.15) is 0 Å². The first-order valence-electron chi connectivity index (χ1n) is 7.36. The average molecular weight is 285 g/mol. The maximum absolute atomic E-state index is 12.3. The van der Waals surface area contributed by atoms with Crippen molar-refractivity contribution >= 4 is 23.1 Å². The standard InChI is InChI=1S/C14H27N3OS/c1-4-11(5-2)16-14(18)10(3)17-9-7-6-8-12(17)13(15)19/h10-12H,4-9H2,1-3H3,(H2,15,19)(H,16,18). The topological polar surface area (TPSA) is 58.4 Å². The van der Waals surface area contributed by atoms with Crippen LogP contribution < -0.4 is 11.1 Å². The van der Waals surface area contributed by atoms with E-state index in [4.69, 9.17) is 18.0 Å². The largest absolute Gasteiger partial charge is 0.392 e. The molecule has 1 fully saturated rings. The highest BCUT2D eigenvalue weighted by Gasteiger charge is 2.32. The third-order valence-corrected chi connectivity index (χ3v) is 4.35. The Bertz CT molecular complexity index is 318. The van der Waals surface area contributed by atoms with Crippen LogP contribution in [0.5, 0.6) is 0 Å². The van der Waals surface area contributed by atoms with E-state index in [1.165, 1.54) is 0 Å². The molecule has 0 radical (unpaired) electrons. The predicted octanol–water partition coefficient (Wildman–Crippen LogP) is 1.82. The lowest BCUT2D eigenvalue weighted by Gasteiger charge is -2.38. The zero-order chi connectivity index (χ0) is 14.4. The summed E-state index contributed by atoms with van der Waals surface area (Å²) < 4.78 is 0. The number of hydrogen-bond acceptors (Lipinski definition) is 3. The number of amides is 1. The first-order valence-corrected chi connectivity index (χ1v) is 7.77. The number of hydrogen-bond donors (Lipinski definition) is 2. The molecule has 1 saturated heterocycles. The summed E-state index contributed by atoms with van der Waals surface area (Å²) in [5, 5.41) is 3.11. The molecule has 0 saturated carbocycles.